The molecule has 3 N–H and O–H groups in total. The average molecular weight is 138 g/mol. The molecule has 0 radical (unpaired) electrons. The Kier molecular flexibility index (Phi) is 4.12. The fourth-order valence-electron chi connectivity index (χ4n) is 0.570. The van der Waals surface area contributed by atoms with E-state index < -0.39 is 0 Å². The molecule has 0 aliphatic heterocycles. The fraction of sp³-hybridized carbons (Fsp3) is 0.250. The maximum atomic E-state index is 5.20. The van der Waals surface area contributed by atoms with Gasteiger partial charge in [0, 0.05) is 12.4 Å². The van der Waals surface area contributed by atoms with Gasteiger partial charge in [-0.1, -0.05) is 20.4 Å². The van der Waals surface area contributed by atoms with Crippen LogP contribution < -0.4 is 16.3 Å². The zero-order chi connectivity index (χ0) is 7.98. The minimum atomic E-state index is 0.894. The Morgan fingerprint density at radius 2 is 2.20 bits per heavy atom. The molecule has 1 rings (SSSR count). The standard InChI is InChI=1S/C6H8N2.C2H6/c1-5-2-3-8-6(5)4-7;1-2/h2-4,8H,1,7H2;1-2H3/b6-4+;. The summed E-state index contributed by atoms with van der Waals surface area (Å²) in [6.45, 7) is 7.71. The van der Waals surface area contributed by atoms with Gasteiger partial charge in [0.2, 0.25) is 0 Å². The van der Waals surface area contributed by atoms with Crippen LogP contribution in [0.25, 0.3) is 12.8 Å². The van der Waals surface area contributed by atoms with Crippen LogP contribution in [0, 0.1) is 0 Å². The van der Waals surface area contributed by atoms with Gasteiger partial charge in [0.25, 0.3) is 0 Å². The van der Waals surface area contributed by atoms with Crippen LogP contribution in [0.2, 0.25) is 0 Å². The molecule has 0 atom stereocenters. The smallest absolute Gasteiger partial charge is 0.0605 e. The van der Waals surface area contributed by atoms with Crippen LogP contribution in [0.3, 0.4) is 0 Å². The van der Waals surface area contributed by atoms with Crippen LogP contribution in [0.5, 0.6) is 0 Å². The van der Waals surface area contributed by atoms with Gasteiger partial charge in [-0.15, -0.1) is 0 Å². The molecule has 0 unspecified atom stereocenters. The summed E-state index contributed by atoms with van der Waals surface area (Å²) >= 11 is 0. The number of rotatable bonds is 0. The molecular weight excluding hydrogens is 124 g/mol. The van der Waals surface area contributed by atoms with Gasteiger partial charge in [-0.3, -0.25) is 0 Å². The summed E-state index contributed by atoms with van der Waals surface area (Å²) in [5.41, 5.74) is 5.20. The van der Waals surface area contributed by atoms with Crippen LogP contribution in [-0.2, 0) is 0 Å². The molecule has 0 saturated heterocycles. The van der Waals surface area contributed by atoms with E-state index in [1.807, 2.05) is 19.9 Å². The number of hydrogen-bond donors (Lipinski definition) is 2. The quantitative estimate of drug-likeness (QED) is 0.526. The van der Waals surface area contributed by atoms with Crippen molar-refractivity contribution in [1.29, 1.82) is 0 Å². The first-order valence-corrected chi connectivity index (χ1v) is 3.39. The Hall–Kier alpha value is -1.18. The first-order valence-electron chi connectivity index (χ1n) is 3.39. The summed E-state index contributed by atoms with van der Waals surface area (Å²) in [7, 11) is 0. The molecule has 0 aliphatic carbocycles. The SMILES string of the molecule is C=c1cc[nH]/c1=C/N.CC. The van der Waals surface area contributed by atoms with Crippen LogP contribution in [-0.4, -0.2) is 4.98 Å². The molecule has 1 aromatic rings. The molecule has 0 saturated carbocycles. The molecule has 10 heavy (non-hydrogen) atoms. The number of H-pyrrole nitrogens is 1. The zero-order valence-corrected chi connectivity index (χ0v) is 6.52. The molecular formula is C8H14N2. The van der Waals surface area contributed by atoms with E-state index in [0.29, 0.717) is 0 Å². The highest BCUT2D eigenvalue weighted by molar-refractivity contribution is 5.17. The normalized spacial score (nSPS) is 10.4. The predicted octanol–water partition coefficient (Wildman–Crippen LogP) is 0.148. The summed E-state index contributed by atoms with van der Waals surface area (Å²) < 4.78 is 0. The third kappa shape index (κ3) is 1.97. The van der Waals surface area contributed by atoms with E-state index in [4.69, 9.17) is 5.73 Å². The molecule has 1 heterocycles. The Morgan fingerprint density at radius 3 is 2.40 bits per heavy atom. The number of hydrogen-bond acceptors (Lipinski definition) is 1. The van der Waals surface area contributed by atoms with E-state index in [9.17, 15) is 0 Å². The van der Waals surface area contributed by atoms with Crippen molar-refractivity contribution < 1.29 is 0 Å². The van der Waals surface area contributed by atoms with Gasteiger partial charge in [0.15, 0.2) is 0 Å². The average Bonchev–Trinajstić information content (AvgIpc) is 2.39. The number of aromatic amines is 1. The van der Waals surface area contributed by atoms with Crippen LogP contribution in [0.15, 0.2) is 12.3 Å². The predicted molar refractivity (Wildman–Crippen MR) is 45.6 cm³/mol. The largest absolute Gasteiger partial charge is 0.403 e. The maximum absolute atomic E-state index is 5.20. The first-order chi connectivity index (χ1) is 4.84. The fourth-order valence-corrected chi connectivity index (χ4v) is 0.570. The third-order valence-corrected chi connectivity index (χ3v) is 1.04. The van der Waals surface area contributed by atoms with Gasteiger partial charge in [0.05, 0.1) is 5.35 Å². The number of nitrogens with two attached hydrogens (primary N) is 1. The van der Waals surface area contributed by atoms with Crippen molar-refractivity contribution in [3.05, 3.63) is 22.8 Å². The summed E-state index contributed by atoms with van der Waals surface area (Å²) in [6, 6.07) is 1.87. The van der Waals surface area contributed by atoms with E-state index in [1.54, 1.807) is 6.20 Å². The molecule has 2 heteroatoms. The van der Waals surface area contributed by atoms with E-state index in [0.717, 1.165) is 10.6 Å². The van der Waals surface area contributed by atoms with Gasteiger partial charge in [0.1, 0.15) is 0 Å². The van der Waals surface area contributed by atoms with Gasteiger partial charge < -0.3 is 10.7 Å². The zero-order valence-electron chi connectivity index (χ0n) is 6.52. The molecule has 0 aromatic carbocycles. The van der Waals surface area contributed by atoms with Crippen molar-refractivity contribution >= 4 is 12.8 Å². The highest BCUT2D eigenvalue weighted by Gasteiger charge is 1.75. The highest BCUT2D eigenvalue weighted by Crippen LogP contribution is 1.55. The van der Waals surface area contributed by atoms with Crippen molar-refractivity contribution in [2.45, 2.75) is 13.8 Å². The van der Waals surface area contributed by atoms with Crippen molar-refractivity contribution in [3.63, 3.8) is 0 Å². The van der Waals surface area contributed by atoms with Crippen molar-refractivity contribution in [3.8, 4) is 0 Å². The Labute approximate surface area is 61.1 Å². The van der Waals surface area contributed by atoms with Crippen LogP contribution >= 0.6 is 0 Å². The second-order valence-electron chi connectivity index (χ2n) is 1.58. The Balaban J connectivity index is 0.000000371. The van der Waals surface area contributed by atoms with Crippen LogP contribution in [0.1, 0.15) is 13.8 Å². The lowest BCUT2D eigenvalue weighted by Gasteiger charge is -1.69. The molecule has 0 aliphatic rings. The summed E-state index contributed by atoms with van der Waals surface area (Å²) in [5, 5.41) is 1.83. The van der Waals surface area contributed by atoms with Crippen molar-refractivity contribution in [2.24, 2.45) is 5.73 Å². The lowest BCUT2D eigenvalue weighted by Crippen LogP contribution is -2.21. The molecule has 0 amide bonds. The third-order valence-electron chi connectivity index (χ3n) is 1.04. The summed E-state index contributed by atoms with van der Waals surface area (Å²) in [5.74, 6) is 0. The number of aromatic nitrogens is 1. The summed E-state index contributed by atoms with van der Waals surface area (Å²) in [4.78, 5) is 2.91. The Morgan fingerprint density at radius 1 is 1.60 bits per heavy atom. The van der Waals surface area contributed by atoms with Gasteiger partial charge in [-0.2, -0.15) is 0 Å². The monoisotopic (exact) mass is 138 g/mol. The highest BCUT2D eigenvalue weighted by atomic mass is 14.7. The van der Waals surface area contributed by atoms with Gasteiger partial charge in [-0.25, -0.2) is 0 Å². The maximum Gasteiger partial charge on any atom is 0.0605 e. The van der Waals surface area contributed by atoms with Crippen molar-refractivity contribution in [2.75, 3.05) is 0 Å². The second kappa shape index (κ2) is 4.68. The minimum absolute atomic E-state index is 0.894. The molecule has 0 fully saturated rings. The van der Waals surface area contributed by atoms with E-state index >= 15 is 0 Å². The Bertz CT molecular complexity index is 259. The summed E-state index contributed by atoms with van der Waals surface area (Å²) in [6.07, 6.45) is 3.31. The minimum Gasteiger partial charge on any atom is -0.403 e. The van der Waals surface area contributed by atoms with Crippen molar-refractivity contribution in [1.82, 2.24) is 4.98 Å². The first kappa shape index (κ1) is 8.82. The number of nitrogens with one attached hydrogen (secondary N) is 1. The molecule has 56 valence electrons. The van der Waals surface area contributed by atoms with Crippen LogP contribution in [0.4, 0.5) is 0 Å². The molecule has 0 spiro atoms. The molecule has 1 aromatic heterocycles. The molecule has 2 nitrogen and oxygen atoms in total. The van der Waals surface area contributed by atoms with E-state index in [-0.39, 0.29) is 0 Å². The molecule has 0 bridgehead atoms. The van der Waals surface area contributed by atoms with E-state index in [2.05, 4.69) is 11.6 Å². The topological polar surface area (TPSA) is 41.8 Å². The van der Waals surface area contributed by atoms with E-state index in [1.165, 1.54) is 6.20 Å². The van der Waals surface area contributed by atoms with Gasteiger partial charge in [-0.05, 0) is 11.3 Å². The second-order valence-corrected chi connectivity index (χ2v) is 1.58. The van der Waals surface area contributed by atoms with Gasteiger partial charge >= 0.3 is 0 Å². The lowest BCUT2D eigenvalue weighted by atomic mass is 10.5. The lowest BCUT2D eigenvalue weighted by molar-refractivity contribution is 1.31.